The number of amides is 1. The molecule has 0 aliphatic carbocycles. The molecule has 0 saturated carbocycles. The number of nitrogens with zero attached hydrogens (tertiary/aromatic N) is 1. The molecule has 1 aliphatic rings. The molecule has 2 heterocycles. The lowest BCUT2D eigenvalue weighted by Gasteiger charge is -2.32. The Labute approximate surface area is 182 Å². The minimum Gasteiger partial charge on any atom is -0.320 e. The van der Waals surface area contributed by atoms with Gasteiger partial charge in [0, 0.05) is 5.69 Å². The molecule has 0 spiro atoms. The van der Waals surface area contributed by atoms with Crippen molar-refractivity contribution in [2.24, 2.45) is 0 Å². The monoisotopic (exact) mass is 424 g/mol. The standard InChI is InChI=1S/C24H30N4OS/c1-16-13-17(2)23(18(3)14-16)26-24(29)19(4)28-11-9-27(10-12-28)15-22-25-20-7-5-6-8-21(20)30-22/h5-8,13-14,19H,9-12,15H2,1-4H3,(H,26,29)/p+2/t19-/m0/s1. The lowest BCUT2D eigenvalue weighted by Crippen LogP contribution is -3.29. The maximum atomic E-state index is 12.9. The van der Waals surface area contributed by atoms with Crippen LogP contribution in [0, 0.1) is 20.8 Å². The first-order valence-corrected chi connectivity index (χ1v) is 11.6. The van der Waals surface area contributed by atoms with Crippen molar-refractivity contribution in [1.29, 1.82) is 0 Å². The smallest absolute Gasteiger partial charge is 0.282 e. The number of nitrogens with one attached hydrogen (secondary N) is 3. The summed E-state index contributed by atoms with van der Waals surface area (Å²) in [7, 11) is 0. The molecular weight excluding hydrogens is 392 g/mol. The summed E-state index contributed by atoms with van der Waals surface area (Å²) in [6.07, 6.45) is 0. The van der Waals surface area contributed by atoms with Crippen LogP contribution in [0.25, 0.3) is 10.2 Å². The summed E-state index contributed by atoms with van der Waals surface area (Å²) in [5.41, 5.74) is 5.57. The Kier molecular flexibility index (Phi) is 6.18. The van der Waals surface area contributed by atoms with Crippen LogP contribution < -0.4 is 15.1 Å². The van der Waals surface area contributed by atoms with E-state index in [4.69, 9.17) is 4.98 Å². The summed E-state index contributed by atoms with van der Waals surface area (Å²) in [5, 5.41) is 4.41. The van der Waals surface area contributed by atoms with E-state index in [1.807, 2.05) is 6.07 Å². The van der Waals surface area contributed by atoms with Gasteiger partial charge >= 0.3 is 0 Å². The number of quaternary nitrogens is 2. The summed E-state index contributed by atoms with van der Waals surface area (Å²) >= 11 is 1.80. The first-order valence-electron chi connectivity index (χ1n) is 10.8. The van der Waals surface area contributed by atoms with E-state index in [-0.39, 0.29) is 11.9 Å². The molecule has 2 aromatic carbocycles. The van der Waals surface area contributed by atoms with E-state index in [1.54, 1.807) is 16.2 Å². The summed E-state index contributed by atoms with van der Waals surface area (Å²) in [4.78, 5) is 20.7. The summed E-state index contributed by atoms with van der Waals surface area (Å²) in [5.74, 6) is 0.120. The van der Waals surface area contributed by atoms with Gasteiger partial charge in [-0.15, -0.1) is 11.3 Å². The van der Waals surface area contributed by atoms with Crippen molar-refractivity contribution in [3.63, 3.8) is 0 Å². The third kappa shape index (κ3) is 4.56. The van der Waals surface area contributed by atoms with Gasteiger partial charge in [-0.25, -0.2) is 4.98 Å². The number of carbonyl (C=O) groups is 1. The fourth-order valence-electron chi connectivity index (χ4n) is 4.54. The van der Waals surface area contributed by atoms with Gasteiger partial charge in [-0.2, -0.15) is 0 Å². The number of rotatable bonds is 5. The van der Waals surface area contributed by atoms with Gasteiger partial charge in [0.1, 0.15) is 37.7 Å². The number of hydrogen-bond acceptors (Lipinski definition) is 3. The minimum absolute atomic E-state index is 0.0471. The quantitative estimate of drug-likeness (QED) is 0.582. The van der Waals surface area contributed by atoms with Crippen LogP contribution in [0.3, 0.4) is 0 Å². The Morgan fingerprint density at radius 1 is 1.10 bits per heavy atom. The van der Waals surface area contributed by atoms with Crippen molar-refractivity contribution < 1.29 is 14.6 Å². The zero-order valence-corrected chi connectivity index (χ0v) is 19.2. The molecule has 1 aliphatic heterocycles. The van der Waals surface area contributed by atoms with Gasteiger partial charge in [-0.05, 0) is 51.0 Å². The molecule has 3 aromatic rings. The fourth-order valence-corrected chi connectivity index (χ4v) is 5.58. The molecule has 1 atom stereocenters. The zero-order valence-electron chi connectivity index (χ0n) is 18.3. The predicted molar refractivity (Wildman–Crippen MR) is 123 cm³/mol. The highest BCUT2D eigenvalue weighted by Gasteiger charge is 2.31. The summed E-state index contributed by atoms with van der Waals surface area (Å²) in [6, 6.07) is 12.6. The Morgan fingerprint density at radius 2 is 1.77 bits per heavy atom. The minimum atomic E-state index is -0.0471. The molecule has 0 radical (unpaired) electrons. The topological polar surface area (TPSA) is 50.9 Å². The Balaban J connectivity index is 1.32. The fraction of sp³-hybridized carbons (Fsp3) is 0.417. The van der Waals surface area contributed by atoms with Crippen molar-refractivity contribution in [1.82, 2.24) is 4.98 Å². The Hall–Kier alpha value is -2.28. The van der Waals surface area contributed by atoms with E-state index in [1.165, 1.54) is 20.2 Å². The lowest BCUT2D eigenvalue weighted by atomic mass is 10.0. The summed E-state index contributed by atoms with van der Waals surface area (Å²) < 4.78 is 1.27. The first-order chi connectivity index (χ1) is 14.4. The van der Waals surface area contributed by atoms with Crippen molar-refractivity contribution in [2.45, 2.75) is 40.3 Å². The normalized spacial score (nSPS) is 20.3. The highest BCUT2D eigenvalue weighted by molar-refractivity contribution is 7.18. The number of para-hydroxylation sites is 1. The molecule has 1 amide bonds. The van der Waals surface area contributed by atoms with Crippen LogP contribution in [-0.4, -0.2) is 43.1 Å². The molecule has 30 heavy (non-hydrogen) atoms. The number of piperazine rings is 1. The van der Waals surface area contributed by atoms with Gasteiger partial charge in [-0.1, -0.05) is 29.8 Å². The van der Waals surface area contributed by atoms with Gasteiger partial charge in [-0.3, -0.25) is 4.79 Å². The van der Waals surface area contributed by atoms with E-state index in [0.717, 1.165) is 55.1 Å². The van der Waals surface area contributed by atoms with Crippen LogP contribution >= 0.6 is 11.3 Å². The van der Waals surface area contributed by atoms with Crippen LogP contribution in [0.4, 0.5) is 5.69 Å². The number of thiazole rings is 1. The molecule has 1 saturated heterocycles. The molecule has 158 valence electrons. The third-order valence-electron chi connectivity index (χ3n) is 6.27. The van der Waals surface area contributed by atoms with Crippen molar-refractivity contribution in [3.05, 3.63) is 58.1 Å². The van der Waals surface area contributed by atoms with Crippen LogP contribution in [0.1, 0.15) is 28.6 Å². The second-order valence-electron chi connectivity index (χ2n) is 8.65. The molecule has 4 rings (SSSR count). The third-order valence-corrected chi connectivity index (χ3v) is 7.31. The maximum absolute atomic E-state index is 12.9. The number of aromatic nitrogens is 1. The van der Waals surface area contributed by atoms with Crippen molar-refractivity contribution >= 4 is 33.1 Å². The molecule has 0 unspecified atom stereocenters. The average molecular weight is 425 g/mol. The number of benzene rings is 2. The van der Waals surface area contributed by atoms with Crippen LogP contribution in [0.15, 0.2) is 36.4 Å². The van der Waals surface area contributed by atoms with Gasteiger partial charge < -0.3 is 15.1 Å². The van der Waals surface area contributed by atoms with Gasteiger partial charge in [0.25, 0.3) is 5.91 Å². The zero-order chi connectivity index (χ0) is 21.3. The Bertz CT molecular complexity index is 996. The van der Waals surface area contributed by atoms with Gasteiger partial charge in [0.05, 0.1) is 10.2 Å². The Morgan fingerprint density at radius 3 is 2.43 bits per heavy atom. The van der Waals surface area contributed by atoms with Gasteiger partial charge in [0.2, 0.25) is 0 Å². The van der Waals surface area contributed by atoms with Crippen LogP contribution in [-0.2, 0) is 11.3 Å². The van der Waals surface area contributed by atoms with Crippen molar-refractivity contribution in [3.8, 4) is 0 Å². The maximum Gasteiger partial charge on any atom is 0.282 e. The predicted octanol–water partition coefficient (Wildman–Crippen LogP) is 1.53. The molecule has 1 fully saturated rings. The first kappa shape index (κ1) is 21.0. The SMILES string of the molecule is Cc1cc(C)c(NC(=O)[C@H](C)[NH+]2CC[NH+](Cc3nc4ccccc4s3)CC2)c(C)c1. The largest absolute Gasteiger partial charge is 0.320 e. The van der Waals surface area contributed by atoms with Gasteiger partial charge in [0.15, 0.2) is 6.04 Å². The van der Waals surface area contributed by atoms with Crippen molar-refractivity contribution in [2.75, 3.05) is 31.5 Å². The molecule has 3 N–H and O–H groups in total. The summed E-state index contributed by atoms with van der Waals surface area (Å²) in [6.45, 7) is 13.4. The molecule has 6 heteroatoms. The van der Waals surface area contributed by atoms with E-state index in [9.17, 15) is 4.79 Å². The number of anilines is 1. The molecule has 5 nitrogen and oxygen atoms in total. The van der Waals surface area contributed by atoms with Crippen LogP contribution in [0.2, 0.25) is 0 Å². The van der Waals surface area contributed by atoms with E-state index >= 15 is 0 Å². The number of aryl methyl sites for hydroxylation is 3. The second-order valence-corrected chi connectivity index (χ2v) is 9.76. The molecule has 1 aromatic heterocycles. The molecular formula is C24H32N4OS+2. The average Bonchev–Trinajstić information content (AvgIpc) is 3.13. The highest BCUT2D eigenvalue weighted by Crippen LogP contribution is 2.22. The van der Waals surface area contributed by atoms with Crippen LogP contribution in [0.5, 0.6) is 0 Å². The van der Waals surface area contributed by atoms with E-state index in [2.05, 4.69) is 63.3 Å². The lowest BCUT2D eigenvalue weighted by molar-refractivity contribution is -1.02. The molecule has 0 bridgehead atoms. The van der Waals surface area contributed by atoms with E-state index in [0.29, 0.717) is 0 Å². The second kappa shape index (κ2) is 8.84. The highest BCUT2D eigenvalue weighted by atomic mass is 32.1. The number of carbonyl (C=O) groups excluding carboxylic acids is 1. The number of hydrogen-bond donors (Lipinski definition) is 3. The number of fused-ring (bicyclic) bond motifs is 1. The van der Waals surface area contributed by atoms with E-state index < -0.39 is 0 Å².